The van der Waals surface area contributed by atoms with Crippen LogP contribution < -0.4 is 10.2 Å². The van der Waals surface area contributed by atoms with Crippen LogP contribution in [0.4, 0.5) is 14.5 Å². The number of rotatable bonds is 4. The number of nitrogens with one attached hydrogen (secondary N) is 1. The summed E-state index contributed by atoms with van der Waals surface area (Å²) in [5, 5.41) is 3.86. The maximum atomic E-state index is 14.3. The Labute approximate surface area is 123 Å². The zero-order valence-corrected chi connectivity index (χ0v) is 13.1. The molecule has 0 spiro atoms. The van der Waals surface area contributed by atoms with Gasteiger partial charge < -0.3 is 10.2 Å². The molecule has 0 aromatic heterocycles. The third-order valence-corrected chi connectivity index (χ3v) is 4.62. The third-order valence-electron chi connectivity index (χ3n) is 3.39. The monoisotopic (exact) mass is 300 g/mol. The van der Waals surface area contributed by atoms with Gasteiger partial charge in [0.1, 0.15) is 17.3 Å². The van der Waals surface area contributed by atoms with Crippen LogP contribution in [0.15, 0.2) is 12.1 Å². The normalized spacial score (nSPS) is 23.1. The molecule has 0 aliphatic carbocycles. The first kappa shape index (κ1) is 15.6. The number of halogens is 2. The fraction of sp³-hybridized carbons (Fsp3) is 0.600. The Morgan fingerprint density at radius 3 is 2.25 bits per heavy atom. The first-order valence-corrected chi connectivity index (χ1v) is 8.04. The summed E-state index contributed by atoms with van der Waals surface area (Å²) in [4.78, 5) is 1.84. The minimum atomic E-state index is -0.454. The molecule has 1 aliphatic rings. The van der Waals surface area contributed by atoms with Gasteiger partial charge in [-0.05, 0) is 24.2 Å². The zero-order valence-electron chi connectivity index (χ0n) is 12.2. The van der Waals surface area contributed by atoms with Gasteiger partial charge in [0.15, 0.2) is 0 Å². The summed E-state index contributed by atoms with van der Waals surface area (Å²) < 4.78 is 28.5. The maximum absolute atomic E-state index is 14.3. The van der Waals surface area contributed by atoms with Crippen LogP contribution in [0.1, 0.15) is 26.3 Å². The van der Waals surface area contributed by atoms with Crippen molar-refractivity contribution in [3.05, 3.63) is 29.3 Å². The first-order chi connectivity index (χ1) is 9.51. The molecule has 0 amide bonds. The lowest BCUT2D eigenvalue weighted by Crippen LogP contribution is -2.41. The van der Waals surface area contributed by atoms with E-state index >= 15 is 0 Å². The van der Waals surface area contributed by atoms with Gasteiger partial charge >= 0.3 is 0 Å². The lowest BCUT2D eigenvalue weighted by atomic mass is 10.1. The lowest BCUT2D eigenvalue weighted by molar-refractivity contribution is 0.560. The van der Waals surface area contributed by atoms with Crippen molar-refractivity contribution in [3.8, 4) is 0 Å². The predicted molar refractivity (Wildman–Crippen MR) is 82.5 cm³/mol. The van der Waals surface area contributed by atoms with Gasteiger partial charge in [0.2, 0.25) is 0 Å². The first-order valence-electron chi connectivity index (χ1n) is 7.10. The molecule has 2 nitrogen and oxygen atoms in total. The molecule has 2 unspecified atom stereocenters. The van der Waals surface area contributed by atoms with E-state index in [0.717, 1.165) is 6.54 Å². The molecule has 2 atom stereocenters. The number of hydrogen-bond acceptors (Lipinski definition) is 3. The summed E-state index contributed by atoms with van der Waals surface area (Å²) in [6.45, 7) is 8.82. The van der Waals surface area contributed by atoms with Crippen LogP contribution in [0, 0.1) is 11.6 Å². The highest BCUT2D eigenvalue weighted by Gasteiger charge is 2.26. The number of thioether (sulfide) groups is 1. The van der Waals surface area contributed by atoms with E-state index in [4.69, 9.17) is 0 Å². The zero-order chi connectivity index (χ0) is 14.7. The highest BCUT2D eigenvalue weighted by atomic mass is 32.2. The molecule has 0 bridgehead atoms. The second kappa shape index (κ2) is 6.76. The van der Waals surface area contributed by atoms with Crippen LogP contribution >= 0.6 is 11.8 Å². The fourth-order valence-electron chi connectivity index (χ4n) is 2.65. The van der Waals surface area contributed by atoms with Gasteiger partial charge in [0, 0.05) is 30.1 Å². The second-order valence-electron chi connectivity index (χ2n) is 5.35. The lowest BCUT2D eigenvalue weighted by Gasteiger charge is -2.36. The average Bonchev–Trinajstić information content (AvgIpc) is 2.34. The van der Waals surface area contributed by atoms with Crippen molar-refractivity contribution in [2.24, 2.45) is 0 Å². The minimum absolute atomic E-state index is 0.129. The SMILES string of the molecule is CCNCc1cc(F)c(N2CC(C)SC(C)C2)c(F)c1. The summed E-state index contributed by atoms with van der Waals surface area (Å²) in [7, 11) is 0. The molecule has 0 saturated carbocycles. The summed E-state index contributed by atoms with van der Waals surface area (Å²) in [5.74, 6) is -0.909. The molecular formula is C15H22F2N2S. The Balaban J connectivity index is 2.23. The van der Waals surface area contributed by atoms with Crippen molar-refractivity contribution < 1.29 is 8.78 Å². The quantitative estimate of drug-likeness (QED) is 0.917. The number of anilines is 1. The maximum Gasteiger partial charge on any atom is 0.149 e. The molecule has 1 N–H and O–H groups in total. The topological polar surface area (TPSA) is 15.3 Å². The van der Waals surface area contributed by atoms with E-state index in [0.29, 0.717) is 35.7 Å². The van der Waals surface area contributed by atoms with E-state index in [1.807, 2.05) is 23.6 Å². The molecule has 1 aromatic carbocycles. The highest BCUT2D eigenvalue weighted by Crippen LogP contribution is 2.32. The third kappa shape index (κ3) is 3.64. The van der Waals surface area contributed by atoms with Crippen molar-refractivity contribution in [2.75, 3.05) is 24.5 Å². The summed E-state index contributed by atoms with van der Waals surface area (Å²) in [6.07, 6.45) is 0. The Kier molecular flexibility index (Phi) is 5.27. The minimum Gasteiger partial charge on any atom is -0.365 e. The van der Waals surface area contributed by atoms with Crippen LogP contribution in [0.2, 0.25) is 0 Å². The van der Waals surface area contributed by atoms with E-state index in [-0.39, 0.29) is 5.69 Å². The van der Waals surface area contributed by atoms with Gasteiger partial charge in [-0.15, -0.1) is 0 Å². The van der Waals surface area contributed by atoms with Gasteiger partial charge in [-0.2, -0.15) is 11.8 Å². The molecule has 112 valence electrons. The Hall–Kier alpha value is -0.810. The van der Waals surface area contributed by atoms with Gasteiger partial charge in [-0.1, -0.05) is 20.8 Å². The van der Waals surface area contributed by atoms with Crippen molar-refractivity contribution in [1.29, 1.82) is 0 Å². The number of hydrogen-bond donors (Lipinski definition) is 1. The number of nitrogens with zero attached hydrogens (tertiary/aromatic N) is 1. The second-order valence-corrected chi connectivity index (χ2v) is 7.23. The van der Waals surface area contributed by atoms with Crippen LogP contribution in [0.3, 0.4) is 0 Å². The highest BCUT2D eigenvalue weighted by molar-refractivity contribution is 8.00. The van der Waals surface area contributed by atoms with Crippen molar-refractivity contribution >= 4 is 17.4 Å². The van der Waals surface area contributed by atoms with Gasteiger partial charge in [-0.25, -0.2) is 8.78 Å². The number of benzene rings is 1. The standard InChI is InChI=1S/C15H22F2N2S/c1-4-18-7-12-5-13(16)15(14(17)6-12)19-8-10(2)20-11(3)9-19/h5-6,10-11,18H,4,7-9H2,1-3H3. The van der Waals surface area contributed by atoms with E-state index in [1.165, 1.54) is 12.1 Å². The van der Waals surface area contributed by atoms with Crippen molar-refractivity contribution in [1.82, 2.24) is 5.32 Å². The van der Waals surface area contributed by atoms with Gasteiger partial charge in [0.05, 0.1) is 0 Å². The van der Waals surface area contributed by atoms with E-state index in [2.05, 4.69) is 19.2 Å². The summed E-state index contributed by atoms with van der Waals surface area (Å²) in [5.41, 5.74) is 0.780. The molecule has 5 heteroatoms. The van der Waals surface area contributed by atoms with E-state index in [1.54, 1.807) is 0 Å². The van der Waals surface area contributed by atoms with Crippen LogP contribution in [-0.2, 0) is 6.54 Å². The van der Waals surface area contributed by atoms with E-state index < -0.39 is 11.6 Å². The molecule has 1 aromatic rings. The largest absolute Gasteiger partial charge is 0.365 e. The van der Waals surface area contributed by atoms with Crippen LogP contribution in [0.5, 0.6) is 0 Å². The van der Waals surface area contributed by atoms with Gasteiger partial charge in [-0.3, -0.25) is 0 Å². The summed E-state index contributed by atoms with van der Waals surface area (Å²) >= 11 is 1.87. The fourth-order valence-corrected chi connectivity index (χ4v) is 3.98. The molecule has 1 fully saturated rings. The van der Waals surface area contributed by atoms with Crippen molar-refractivity contribution in [3.63, 3.8) is 0 Å². The molecule has 0 radical (unpaired) electrons. The molecule has 1 aliphatic heterocycles. The Bertz CT molecular complexity index is 434. The molecule has 2 rings (SSSR count). The van der Waals surface area contributed by atoms with Gasteiger partial charge in [0.25, 0.3) is 0 Å². The molecule has 20 heavy (non-hydrogen) atoms. The van der Waals surface area contributed by atoms with E-state index in [9.17, 15) is 8.78 Å². The predicted octanol–water partition coefficient (Wildman–Crippen LogP) is 3.40. The Morgan fingerprint density at radius 2 is 1.75 bits per heavy atom. The molecular weight excluding hydrogens is 278 g/mol. The summed E-state index contributed by atoms with van der Waals surface area (Å²) in [6, 6.07) is 2.89. The Morgan fingerprint density at radius 1 is 1.20 bits per heavy atom. The smallest absolute Gasteiger partial charge is 0.149 e. The van der Waals surface area contributed by atoms with Crippen LogP contribution in [-0.4, -0.2) is 30.1 Å². The molecule has 1 heterocycles. The van der Waals surface area contributed by atoms with Crippen molar-refractivity contribution in [2.45, 2.75) is 37.8 Å². The van der Waals surface area contributed by atoms with Crippen LogP contribution in [0.25, 0.3) is 0 Å². The molecule has 1 saturated heterocycles. The average molecular weight is 300 g/mol.